The van der Waals surface area contributed by atoms with Crippen molar-refractivity contribution < 1.29 is 27.8 Å². The normalized spacial score (nSPS) is 16.7. The highest BCUT2D eigenvalue weighted by atomic mass is 19.4. The average Bonchev–Trinajstić information content (AvgIpc) is 3.45. The monoisotopic (exact) mass is 572 g/mol. The van der Waals surface area contributed by atoms with Crippen LogP contribution in [0.25, 0.3) is 28.0 Å². The van der Waals surface area contributed by atoms with Gasteiger partial charge in [-0.3, -0.25) is 9.67 Å². The van der Waals surface area contributed by atoms with Crippen LogP contribution in [-0.4, -0.2) is 89.7 Å². The molecule has 1 saturated heterocycles. The Labute approximate surface area is 234 Å². The molecule has 1 atom stereocenters. The van der Waals surface area contributed by atoms with Crippen molar-refractivity contribution in [2.24, 2.45) is 0 Å². The van der Waals surface area contributed by atoms with E-state index in [0.29, 0.717) is 41.5 Å². The number of aliphatic hydroxyl groups is 1. The van der Waals surface area contributed by atoms with Gasteiger partial charge in [-0.2, -0.15) is 23.4 Å². The summed E-state index contributed by atoms with van der Waals surface area (Å²) in [6.07, 6.45) is 0.200. The second kappa shape index (κ2) is 10.7. The summed E-state index contributed by atoms with van der Waals surface area (Å²) >= 11 is 0. The van der Waals surface area contributed by atoms with Crippen molar-refractivity contribution in [3.05, 3.63) is 48.5 Å². The SMILES string of the molecule is Cc1ccc(-n2ncc3cnc(-c4cnn(CC(F)(F)F)c4)cc32)nc1N1CCN(C(=O)OC(C)(C)C)C[C@H](O)C1. The molecule has 1 fully saturated rings. The third-order valence-electron chi connectivity index (χ3n) is 6.45. The van der Waals surface area contributed by atoms with Gasteiger partial charge in [0.1, 0.15) is 18.0 Å². The van der Waals surface area contributed by atoms with Crippen LogP contribution in [0.5, 0.6) is 0 Å². The third-order valence-corrected chi connectivity index (χ3v) is 6.45. The van der Waals surface area contributed by atoms with E-state index >= 15 is 0 Å². The molecule has 0 aromatic carbocycles. The molecule has 0 bridgehead atoms. The molecule has 1 aliphatic rings. The van der Waals surface area contributed by atoms with Crippen LogP contribution in [0.2, 0.25) is 0 Å². The van der Waals surface area contributed by atoms with E-state index < -0.39 is 30.5 Å². The summed E-state index contributed by atoms with van der Waals surface area (Å²) in [7, 11) is 0. The summed E-state index contributed by atoms with van der Waals surface area (Å²) in [5.41, 5.74) is 1.77. The van der Waals surface area contributed by atoms with E-state index in [9.17, 15) is 23.1 Å². The zero-order valence-electron chi connectivity index (χ0n) is 23.1. The molecule has 11 nitrogen and oxygen atoms in total. The van der Waals surface area contributed by atoms with Gasteiger partial charge in [0.25, 0.3) is 0 Å². The van der Waals surface area contributed by atoms with Gasteiger partial charge < -0.3 is 19.6 Å². The van der Waals surface area contributed by atoms with E-state index in [4.69, 9.17) is 9.72 Å². The minimum absolute atomic E-state index is 0.142. The van der Waals surface area contributed by atoms with Gasteiger partial charge in [0.05, 0.1) is 36.3 Å². The lowest BCUT2D eigenvalue weighted by Crippen LogP contribution is -2.41. The summed E-state index contributed by atoms with van der Waals surface area (Å²) in [5.74, 6) is 1.15. The number of aromatic nitrogens is 6. The molecule has 41 heavy (non-hydrogen) atoms. The first-order chi connectivity index (χ1) is 19.3. The number of aliphatic hydroxyl groups excluding tert-OH is 1. The van der Waals surface area contributed by atoms with E-state index in [1.54, 1.807) is 43.9 Å². The molecule has 4 aromatic heterocycles. The van der Waals surface area contributed by atoms with Gasteiger partial charge in [-0.05, 0) is 45.4 Å². The van der Waals surface area contributed by atoms with Crippen LogP contribution in [-0.2, 0) is 11.3 Å². The number of aryl methyl sites for hydroxylation is 1. The highest BCUT2D eigenvalue weighted by molar-refractivity contribution is 5.83. The first kappa shape index (κ1) is 28.3. The minimum Gasteiger partial charge on any atom is -0.444 e. The molecule has 5 rings (SSSR count). The van der Waals surface area contributed by atoms with Crippen LogP contribution in [0, 0.1) is 6.92 Å². The minimum atomic E-state index is -4.38. The lowest BCUT2D eigenvalue weighted by atomic mass is 10.2. The number of carbonyl (C=O) groups is 1. The summed E-state index contributed by atoms with van der Waals surface area (Å²) in [5, 5.41) is 19.7. The Balaban J connectivity index is 1.42. The van der Waals surface area contributed by atoms with Gasteiger partial charge >= 0.3 is 12.3 Å². The molecule has 0 radical (unpaired) electrons. The standard InChI is InChI=1S/C27H31F3N8O3/c1-17-5-6-23(34-24(17)35-7-8-36(15-20(39)14-35)25(40)41-26(2,3)4)38-22-9-21(31-10-18(22)11-33-38)19-12-32-37(13-19)16-27(28,29)30/h5-6,9-13,20,39H,7-8,14-16H2,1-4H3/t20-/m1/s1. The Bertz CT molecular complexity index is 1560. The predicted octanol–water partition coefficient (Wildman–Crippen LogP) is 3.97. The van der Waals surface area contributed by atoms with Gasteiger partial charge in [0.15, 0.2) is 5.82 Å². The third kappa shape index (κ3) is 6.59. The van der Waals surface area contributed by atoms with Crippen molar-refractivity contribution in [3.63, 3.8) is 0 Å². The van der Waals surface area contributed by atoms with Crippen LogP contribution in [0.15, 0.2) is 43.0 Å². The van der Waals surface area contributed by atoms with Crippen molar-refractivity contribution in [1.29, 1.82) is 0 Å². The molecule has 1 aliphatic heterocycles. The number of ether oxygens (including phenoxy) is 1. The number of anilines is 1. The molecule has 218 valence electrons. The van der Waals surface area contributed by atoms with Crippen LogP contribution in [0.3, 0.4) is 0 Å². The number of carbonyl (C=O) groups excluding carboxylic acids is 1. The lowest BCUT2D eigenvalue weighted by Gasteiger charge is -2.27. The molecule has 0 spiro atoms. The maximum absolute atomic E-state index is 12.8. The quantitative estimate of drug-likeness (QED) is 0.391. The van der Waals surface area contributed by atoms with Crippen molar-refractivity contribution in [2.45, 2.75) is 52.1 Å². The van der Waals surface area contributed by atoms with Crippen LogP contribution < -0.4 is 4.90 Å². The molecular formula is C27H31F3N8O3. The first-order valence-corrected chi connectivity index (χ1v) is 13.1. The molecule has 0 unspecified atom stereocenters. The number of nitrogens with zero attached hydrogens (tertiary/aromatic N) is 8. The van der Waals surface area contributed by atoms with Gasteiger partial charge in [0.2, 0.25) is 0 Å². The fourth-order valence-corrected chi connectivity index (χ4v) is 4.65. The first-order valence-electron chi connectivity index (χ1n) is 13.1. The van der Waals surface area contributed by atoms with E-state index in [0.717, 1.165) is 15.6 Å². The van der Waals surface area contributed by atoms with E-state index in [1.807, 2.05) is 24.0 Å². The topological polar surface area (TPSA) is 114 Å². The average molecular weight is 573 g/mol. The number of alkyl halides is 3. The zero-order valence-corrected chi connectivity index (χ0v) is 23.1. The summed E-state index contributed by atoms with van der Waals surface area (Å²) in [6.45, 7) is 7.30. The summed E-state index contributed by atoms with van der Waals surface area (Å²) < 4.78 is 46.3. The molecule has 14 heteroatoms. The van der Waals surface area contributed by atoms with E-state index in [2.05, 4.69) is 15.2 Å². The molecule has 0 saturated carbocycles. The molecule has 5 heterocycles. The number of hydrogen-bond acceptors (Lipinski definition) is 8. The summed E-state index contributed by atoms with van der Waals surface area (Å²) in [6, 6.07) is 5.44. The smallest absolute Gasteiger partial charge is 0.410 e. The molecular weight excluding hydrogens is 541 g/mol. The Morgan fingerprint density at radius 3 is 2.61 bits per heavy atom. The highest BCUT2D eigenvalue weighted by Crippen LogP contribution is 2.27. The second-order valence-corrected chi connectivity index (χ2v) is 11.1. The van der Waals surface area contributed by atoms with Crippen LogP contribution in [0.4, 0.5) is 23.8 Å². The van der Waals surface area contributed by atoms with Crippen LogP contribution >= 0.6 is 0 Å². The van der Waals surface area contributed by atoms with Crippen molar-refractivity contribution in [3.8, 4) is 17.1 Å². The maximum atomic E-state index is 12.8. The van der Waals surface area contributed by atoms with E-state index in [1.165, 1.54) is 17.3 Å². The zero-order chi connectivity index (χ0) is 29.5. The van der Waals surface area contributed by atoms with Crippen molar-refractivity contribution in [1.82, 2.24) is 34.4 Å². The van der Waals surface area contributed by atoms with Gasteiger partial charge in [-0.25, -0.2) is 14.5 Å². The van der Waals surface area contributed by atoms with Crippen molar-refractivity contribution >= 4 is 22.8 Å². The van der Waals surface area contributed by atoms with Gasteiger partial charge in [0, 0.05) is 43.0 Å². The van der Waals surface area contributed by atoms with Crippen LogP contribution in [0.1, 0.15) is 26.3 Å². The van der Waals surface area contributed by atoms with Gasteiger partial charge in [-0.1, -0.05) is 6.07 Å². The van der Waals surface area contributed by atoms with E-state index in [-0.39, 0.29) is 13.1 Å². The Morgan fingerprint density at radius 1 is 1.10 bits per heavy atom. The number of halogens is 3. The molecule has 0 aliphatic carbocycles. The number of pyridine rings is 2. The Hall–Kier alpha value is -4.20. The second-order valence-electron chi connectivity index (χ2n) is 11.1. The number of hydrogen-bond donors (Lipinski definition) is 1. The molecule has 4 aromatic rings. The number of β-amino-alcohol motifs (C(OH)–C–C–N with tert-alkyl or cyclic N) is 1. The van der Waals surface area contributed by atoms with Crippen molar-refractivity contribution in [2.75, 3.05) is 31.1 Å². The number of rotatable bonds is 4. The highest BCUT2D eigenvalue weighted by Gasteiger charge is 2.30. The molecule has 1 N–H and O–H groups in total. The maximum Gasteiger partial charge on any atom is 0.410 e. The lowest BCUT2D eigenvalue weighted by molar-refractivity contribution is -0.142. The Kier molecular flexibility index (Phi) is 7.36. The molecule has 1 amide bonds. The number of amides is 1. The Morgan fingerprint density at radius 2 is 1.88 bits per heavy atom. The fourth-order valence-electron chi connectivity index (χ4n) is 4.65. The summed E-state index contributed by atoms with van der Waals surface area (Å²) in [4.78, 5) is 25.3. The number of fused-ring (bicyclic) bond motifs is 1. The fraction of sp³-hybridized carbons (Fsp3) is 0.444. The predicted molar refractivity (Wildman–Crippen MR) is 145 cm³/mol. The van der Waals surface area contributed by atoms with Gasteiger partial charge in [-0.15, -0.1) is 0 Å². The largest absolute Gasteiger partial charge is 0.444 e.